The lowest BCUT2D eigenvalue weighted by Crippen LogP contribution is -2.60. The molecule has 0 aliphatic carbocycles. The average molecular weight is 471 g/mol. The summed E-state index contributed by atoms with van der Waals surface area (Å²) >= 11 is 0. The molecule has 2 amide bonds. The van der Waals surface area contributed by atoms with Crippen molar-refractivity contribution in [2.24, 2.45) is 5.92 Å². The second-order valence-corrected chi connectivity index (χ2v) is 11.5. The van der Waals surface area contributed by atoms with E-state index in [0.29, 0.717) is 24.9 Å². The number of benzene rings is 2. The molecule has 1 saturated heterocycles. The number of aliphatic carboxylic acids is 1. The van der Waals surface area contributed by atoms with E-state index >= 15 is 0 Å². The lowest BCUT2D eigenvalue weighted by Gasteiger charge is -2.32. The van der Waals surface area contributed by atoms with Crippen molar-refractivity contribution in [3.8, 4) is 0 Å². The summed E-state index contributed by atoms with van der Waals surface area (Å²) in [7, 11) is -4.16. The lowest BCUT2D eigenvalue weighted by atomic mass is 10.1. The van der Waals surface area contributed by atoms with Crippen molar-refractivity contribution in [2.45, 2.75) is 43.9 Å². The first-order valence-corrected chi connectivity index (χ1v) is 13.2. The molecule has 4 N–H and O–H groups in total. The molecule has 0 bridgehead atoms. The number of rotatable bonds is 9. The van der Waals surface area contributed by atoms with Crippen LogP contribution < -0.4 is 5.32 Å². The van der Waals surface area contributed by atoms with Crippen molar-refractivity contribution < 1.29 is 29.1 Å². The van der Waals surface area contributed by atoms with Crippen LogP contribution in [0.15, 0.2) is 60.7 Å². The third-order valence-electron chi connectivity index (χ3n) is 6.03. The van der Waals surface area contributed by atoms with E-state index < -0.39 is 44.0 Å². The minimum absolute atomic E-state index is 0.195. The summed E-state index contributed by atoms with van der Waals surface area (Å²) < 4.78 is 0. The zero-order valence-corrected chi connectivity index (χ0v) is 19.6. The van der Waals surface area contributed by atoms with Crippen molar-refractivity contribution in [3.63, 3.8) is 0 Å². The molecule has 1 fully saturated rings. The Morgan fingerprint density at radius 2 is 1.67 bits per heavy atom. The third kappa shape index (κ3) is 6.28. The molecule has 0 saturated carbocycles. The number of hydrogen-bond donors (Lipinski definition) is 4. The van der Waals surface area contributed by atoms with Gasteiger partial charge in [-0.05, 0) is 37.0 Å². The highest BCUT2D eigenvalue weighted by Gasteiger charge is 2.45. The molecular formula is C24H30N2O6Si. The zero-order chi connectivity index (χ0) is 24.0. The van der Waals surface area contributed by atoms with E-state index in [1.165, 1.54) is 4.90 Å². The molecule has 3 rings (SSSR count). The fraction of sp³-hybridized carbons (Fsp3) is 0.375. The highest BCUT2D eigenvalue weighted by atomic mass is 28.4. The fourth-order valence-electron chi connectivity index (χ4n) is 4.26. The van der Waals surface area contributed by atoms with Crippen LogP contribution in [-0.2, 0) is 16.0 Å². The van der Waals surface area contributed by atoms with E-state index in [0.717, 1.165) is 5.56 Å². The van der Waals surface area contributed by atoms with Crippen LogP contribution in [0.5, 0.6) is 0 Å². The second-order valence-electron chi connectivity index (χ2n) is 8.59. The number of carbonyl (C=O) groups is 3. The van der Waals surface area contributed by atoms with Gasteiger partial charge in [-0.2, -0.15) is 0 Å². The van der Waals surface area contributed by atoms with Gasteiger partial charge in [-0.15, -0.1) is 0 Å². The van der Waals surface area contributed by atoms with Crippen molar-refractivity contribution in [1.29, 1.82) is 0 Å². The number of carbonyl (C=O) groups excluding carboxylic acids is 2. The first-order chi connectivity index (χ1) is 15.7. The molecule has 1 aliphatic heterocycles. The summed E-state index contributed by atoms with van der Waals surface area (Å²) in [6.07, 6.45) is 1.18. The van der Waals surface area contributed by atoms with E-state index in [4.69, 9.17) is 0 Å². The van der Waals surface area contributed by atoms with E-state index in [2.05, 4.69) is 5.32 Å². The smallest absolute Gasteiger partial charge is 0.356 e. The van der Waals surface area contributed by atoms with Crippen LogP contribution in [0.3, 0.4) is 0 Å². The van der Waals surface area contributed by atoms with Crippen LogP contribution in [0.25, 0.3) is 0 Å². The van der Waals surface area contributed by atoms with Gasteiger partial charge in [0.2, 0.25) is 5.91 Å². The van der Waals surface area contributed by atoms with Crippen molar-refractivity contribution in [3.05, 3.63) is 71.8 Å². The Morgan fingerprint density at radius 3 is 2.27 bits per heavy atom. The zero-order valence-electron chi connectivity index (χ0n) is 18.6. The van der Waals surface area contributed by atoms with E-state index in [-0.39, 0.29) is 12.5 Å². The van der Waals surface area contributed by atoms with Gasteiger partial charge in [-0.3, -0.25) is 9.59 Å². The van der Waals surface area contributed by atoms with Crippen LogP contribution >= 0.6 is 0 Å². The number of nitrogens with one attached hydrogen (secondary N) is 1. The summed E-state index contributed by atoms with van der Waals surface area (Å²) in [5, 5.41) is 12.1. The van der Waals surface area contributed by atoms with Gasteiger partial charge in [0.1, 0.15) is 6.04 Å². The Balaban J connectivity index is 1.77. The Bertz CT molecular complexity index is 969. The van der Waals surface area contributed by atoms with Crippen LogP contribution in [0.2, 0.25) is 6.04 Å². The van der Waals surface area contributed by atoms with Crippen LogP contribution in [0.1, 0.15) is 35.7 Å². The van der Waals surface area contributed by atoms with Crippen molar-refractivity contribution in [1.82, 2.24) is 10.2 Å². The summed E-state index contributed by atoms with van der Waals surface area (Å²) in [4.78, 5) is 60.8. The summed E-state index contributed by atoms with van der Waals surface area (Å²) in [6.45, 7) is 1.91. The SMILES string of the molecule is C[C@@H](C[Si](O)(O)[C@H](Cc1ccccc1)NC(=O)c1ccccc1)C(=O)N1CCC[C@H]1C(=O)O. The fourth-order valence-corrected chi connectivity index (χ4v) is 6.55. The molecule has 33 heavy (non-hydrogen) atoms. The molecule has 0 spiro atoms. The largest absolute Gasteiger partial charge is 0.480 e. The molecule has 9 heteroatoms. The molecule has 0 radical (unpaired) electrons. The molecule has 0 aromatic heterocycles. The molecule has 3 atom stereocenters. The van der Waals surface area contributed by atoms with Crippen LogP contribution in [0, 0.1) is 5.92 Å². The van der Waals surface area contributed by atoms with Crippen molar-refractivity contribution >= 4 is 26.3 Å². The van der Waals surface area contributed by atoms with Gasteiger partial charge in [0.15, 0.2) is 0 Å². The Kier molecular flexibility index (Phi) is 8.01. The molecule has 2 aromatic rings. The van der Waals surface area contributed by atoms with Gasteiger partial charge in [-0.25, -0.2) is 4.79 Å². The average Bonchev–Trinajstić information content (AvgIpc) is 3.29. The van der Waals surface area contributed by atoms with Gasteiger partial charge in [0.25, 0.3) is 5.91 Å². The Labute approximate surface area is 194 Å². The quantitative estimate of drug-likeness (QED) is 0.413. The van der Waals surface area contributed by atoms with Crippen molar-refractivity contribution in [2.75, 3.05) is 6.54 Å². The van der Waals surface area contributed by atoms with Crippen LogP contribution in [0.4, 0.5) is 0 Å². The first kappa shape index (κ1) is 24.6. The number of nitrogens with zero attached hydrogens (tertiary/aromatic N) is 1. The van der Waals surface area contributed by atoms with E-state index in [9.17, 15) is 29.1 Å². The third-order valence-corrected chi connectivity index (χ3v) is 8.71. The molecule has 8 nitrogen and oxygen atoms in total. The molecular weight excluding hydrogens is 440 g/mol. The standard InChI is InChI=1S/C24H30N2O6Si/c1-17(23(28)26-14-8-13-20(26)24(29)30)16-33(31,32)21(15-18-9-4-2-5-10-18)25-22(27)19-11-6-3-7-12-19/h2-7,9-12,17,20-21,31-32H,8,13-16H2,1H3,(H,25,27)(H,29,30)/t17-,20-,21+/m0/s1. The van der Waals surface area contributed by atoms with Gasteiger partial charge < -0.3 is 24.9 Å². The van der Waals surface area contributed by atoms with Gasteiger partial charge in [0.05, 0.1) is 5.67 Å². The summed E-state index contributed by atoms with van der Waals surface area (Å²) in [6, 6.07) is 16.6. The number of carboxylic acids is 1. The predicted octanol–water partition coefficient (Wildman–Crippen LogP) is 1.71. The monoisotopic (exact) mass is 470 g/mol. The first-order valence-electron chi connectivity index (χ1n) is 11.1. The van der Waals surface area contributed by atoms with Crippen LogP contribution in [-0.4, -0.2) is 64.2 Å². The normalized spacial score (nSPS) is 17.9. The number of hydrogen-bond acceptors (Lipinski definition) is 5. The minimum atomic E-state index is -4.16. The Morgan fingerprint density at radius 1 is 1.06 bits per heavy atom. The lowest BCUT2D eigenvalue weighted by molar-refractivity contribution is -0.149. The molecule has 176 valence electrons. The molecule has 1 aliphatic rings. The maximum absolute atomic E-state index is 12.9. The number of carboxylic acid groups (broad SMARTS) is 1. The minimum Gasteiger partial charge on any atom is -0.480 e. The van der Waals surface area contributed by atoms with E-state index in [1.807, 2.05) is 30.3 Å². The maximum atomic E-state index is 12.9. The maximum Gasteiger partial charge on any atom is 0.356 e. The summed E-state index contributed by atoms with van der Waals surface area (Å²) in [5.41, 5.74) is 0.253. The number of likely N-dealkylation sites (tertiary alicyclic amines) is 1. The topological polar surface area (TPSA) is 127 Å². The molecule has 0 unspecified atom stereocenters. The highest BCUT2D eigenvalue weighted by molar-refractivity contribution is 6.67. The highest BCUT2D eigenvalue weighted by Crippen LogP contribution is 2.25. The molecule has 2 aromatic carbocycles. The molecule has 1 heterocycles. The second kappa shape index (κ2) is 10.7. The van der Waals surface area contributed by atoms with Gasteiger partial charge in [0, 0.05) is 24.1 Å². The van der Waals surface area contributed by atoms with Gasteiger partial charge in [-0.1, -0.05) is 55.5 Å². The summed E-state index contributed by atoms with van der Waals surface area (Å²) in [5.74, 6) is -2.69. The number of amides is 2. The Hall–Kier alpha value is -3.01. The predicted molar refractivity (Wildman–Crippen MR) is 124 cm³/mol. The van der Waals surface area contributed by atoms with Gasteiger partial charge >= 0.3 is 14.5 Å². The van der Waals surface area contributed by atoms with E-state index in [1.54, 1.807) is 37.3 Å².